The number of nitrogens with one attached hydrogen (secondary N) is 4. The number of aryl methyl sites for hydroxylation is 1. The molecule has 1 heterocycles. The van der Waals surface area contributed by atoms with Crippen LogP contribution in [0.2, 0.25) is 0 Å². The van der Waals surface area contributed by atoms with E-state index >= 15 is 0 Å². The summed E-state index contributed by atoms with van der Waals surface area (Å²) in [6.07, 6.45) is 3.38. The van der Waals surface area contributed by atoms with Gasteiger partial charge in [0.1, 0.15) is 17.5 Å². The standard InChI is InChI=1S/C26H27F2N5O4/c1-2-29-26(37)33-23-14-22(32-21-12-9-17(27)13-20(21)28)19(15-30-23)25(36)31-18-10-7-16(8-11-18)5-3-4-6-24(34)35/h7-15H,2-6H2,1H3,(H,31,36)(H,34,35)(H3,29,30,32,33,37). The van der Waals surface area contributed by atoms with E-state index in [1.54, 1.807) is 19.1 Å². The number of benzene rings is 2. The Morgan fingerprint density at radius 3 is 2.38 bits per heavy atom. The molecule has 0 fully saturated rings. The van der Waals surface area contributed by atoms with Crippen molar-refractivity contribution in [2.75, 3.05) is 22.5 Å². The molecule has 0 radical (unpaired) electrons. The average molecular weight is 512 g/mol. The Hall–Kier alpha value is -4.54. The molecule has 0 spiro atoms. The van der Waals surface area contributed by atoms with Gasteiger partial charge in [-0.05, 0) is 56.0 Å². The molecule has 3 amide bonds. The minimum Gasteiger partial charge on any atom is -0.481 e. The first kappa shape index (κ1) is 27.1. The van der Waals surface area contributed by atoms with E-state index in [9.17, 15) is 23.2 Å². The van der Waals surface area contributed by atoms with Gasteiger partial charge in [-0.25, -0.2) is 18.6 Å². The number of anilines is 4. The van der Waals surface area contributed by atoms with Gasteiger partial charge >= 0.3 is 12.0 Å². The smallest absolute Gasteiger partial charge is 0.320 e. The van der Waals surface area contributed by atoms with Crippen LogP contribution in [0.1, 0.15) is 42.1 Å². The molecule has 37 heavy (non-hydrogen) atoms. The van der Waals surface area contributed by atoms with Crippen LogP contribution in [0.5, 0.6) is 0 Å². The first-order valence-corrected chi connectivity index (χ1v) is 11.6. The molecule has 1 aromatic heterocycles. The monoisotopic (exact) mass is 511 g/mol. The highest BCUT2D eigenvalue weighted by molar-refractivity contribution is 6.08. The minimum atomic E-state index is -0.861. The highest BCUT2D eigenvalue weighted by Crippen LogP contribution is 2.26. The number of carbonyl (C=O) groups excluding carboxylic acids is 2. The number of hydrogen-bond acceptors (Lipinski definition) is 5. The van der Waals surface area contributed by atoms with Crippen LogP contribution in [0.4, 0.5) is 36.5 Å². The lowest BCUT2D eigenvalue weighted by molar-refractivity contribution is -0.137. The summed E-state index contributed by atoms with van der Waals surface area (Å²) in [5.41, 5.74) is 1.63. The number of rotatable bonds is 11. The Morgan fingerprint density at radius 1 is 0.946 bits per heavy atom. The number of aromatic nitrogens is 1. The second-order valence-corrected chi connectivity index (χ2v) is 8.10. The van der Waals surface area contributed by atoms with Gasteiger partial charge in [-0.15, -0.1) is 0 Å². The lowest BCUT2D eigenvalue weighted by Gasteiger charge is -2.15. The van der Waals surface area contributed by atoms with E-state index in [0.717, 1.165) is 18.1 Å². The fourth-order valence-electron chi connectivity index (χ4n) is 3.42. The van der Waals surface area contributed by atoms with Crippen molar-refractivity contribution in [2.24, 2.45) is 0 Å². The molecule has 0 bridgehead atoms. The predicted octanol–water partition coefficient (Wildman–Crippen LogP) is 5.29. The Kier molecular flexibility index (Phi) is 9.48. The Labute approximate surface area is 212 Å². The van der Waals surface area contributed by atoms with Crippen LogP contribution in [0.15, 0.2) is 54.7 Å². The van der Waals surface area contributed by atoms with Crippen LogP contribution in [-0.2, 0) is 11.2 Å². The minimum absolute atomic E-state index is 0.0583. The highest BCUT2D eigenvalue weighted by atomic mass is 19.1. The summed E-state index contributed by atoms with van der Waals surface area (Å²) in [5.74, 6) is -2.87. The van der Waals surface area contributed by atoms with Crippen LogP contribution in [0.3, 0.4) is 0 Å². The summed E-state index contributed by atoms with van der Waals surface area (Å²) >= 11 is 0. The van der Waals surface area contributed by atoms with Crippen molar-refractivity contribution in [1.29, 1.82) is 0 Å². The van der Waals surface area contributed by atoms with Crippen LogP contribution in [-0.4, -0.2) is 34.5 Å². The van der Waals surface area contributed by atoms with Crippen molar-refractivity contribution in [3.8, 4) is 0 Å². The average Bonchev–Trinajstić information content (AvgIpc) is 2.84. The number of halogens is 2. The quantitative estimate of drug-likeness (QED) is 0.222. The van der Waals surface area contributed by atoms with Gasteiger partial charge in [0.2, 0.25) is 0 Å². The molecule has 11 heteroatoms. The zero-order chi connectivity index (χ0) is 26.8. The van der Waals surface area contributed by atoms with Crippen molar-refractivity contribution in [1.82, 2.24) is 10.3 Å². The van der Waals surface area contributed by atoms with E-state index < -0.39 is 29.5 Å². The molecule has 3 aromatic rings. The van der Waals surface area contributed by atoms with Gasteiger partial charge in [-0.2, -0.15) is 0 Å². The van der Waals surface area contributed by atoms with Gasteiger partial charge in [0.05, 0.1) is 16.9 Å². The zero-order valence-electron chi connectivity index (χ0n) is 20.1. The van der Waals surface area contributed by atoms with Gasteiger partial charge in [0, 0.05) is 37.0 Å². The third-order valence-corrected chi connectivity index (χ3v) is 5.25. The molecule has 0 atom stereocenters. The molecular weight excluding hydrogens is 484 g/mol. The molecule has 0 aliphatic carbocycles. The van der Waals surface area contributed by atoms with Gasteiger partial charge in [-0.1, -0.05) is 12.1 Å². The molecule has 0 aliphatic rings. The molecule has 194 valence electrons. The number of nitrogens with zero attached hydrogens (tertiary/aromatic N) is 1. The number of carbonyl (C=O) groups is 3. The summed E-state index contributed by atoms with van der Waals surface area (Å²) in [6, 6.07) is 10.9. The third-order valence-electron chi connectivity index (χ3n) is 5.25. The molecule has 9 nitrogen and oxygen atoms in total. The molecule has 0 saturated carbocycles. The highest BCUT2D eigenvalue weighted by Gasteiger charge is 2.16. The van der Waals surface area contributed by atoms with Crippen molar-refractivity contribution in [3.63, 3.8) is 0 Å². The predicted molar refractivity (Wildman–Crippen MR) is 136 cm³/mol. The SMILES string of the molecule is CCNC(=O)Nc1cc(Nc2ccc(F)cc2F)c(C(=O)Nc2ccc(CCCCC(=O)O)cc2)cn1. The molecule has 0 unspecified atom stereocenters. The van der Waals surface area contributed by atoms with Crippen molar-refractivity contribution in [3.05, 3.63) is 77.5 Å². The zero-order valence-corrected chi connectivity index (χ0v) is 20.1. The van der Waals surface area contributed by atoms with Crippen LogP contribution in [0.25, 0.3) is 0 Å². The number of urea groups is 1. The van der Waals surface area contributed by atoms with Gasteiger partial charge in [-0.3, -0.25) is 14.9 Å². The van der Waals surface area contributed by atoms with Crippen LogP contribution >= 0.6 is 0 Å². The van der Waals surface area contributed by atoms with E-state index in [4.69, 9.17) is 5.11 Å². The van der Waals surface area contributed by atoms with Crippen molar-refractivity contribution >= 4 is 40.8 Å². The molecular formula is C26H27F2N5O4. The summed E-state index contributed by atoms with van der Waals surface area (Å²) in [7, 11) is 0. The fourth-order valence-corrected chi connectivity index (χ4v) is 3.42. The van der Waals surface area contributed by atoms with Crippen molar-refractivity contribution < 1.29 is 28.3 Å². The largest absolute Gasteiger partial charge is 0.481 e. The summed E-state index contributed by atoms with van der Waals surface area (Å²) < 4.78 is 27.6. The Balaban J connectivity index is 1.77. The molecule has 5 N–H and O–H groups in total. The second kappa shape index (κ2) is 13.0. The third kappa shape index (κ3) is 8.27. The Morgan fingerprint density at radius 2 is 1.70 bits per heavy atom. The van der Waals surface area contributed by atoms with E-state index in [1.165, 1.54) is 18.3 Å². The summed E-state index contributed by atoms with van der Waals surface area (Å²) in [4.78, 5) is 39.7. The van der Waals surface area contributed by atoms with Crippen LogP contribution in [0, 0.1) is 11.6 Å². The number of carboxylic acids is 1. The number of carboxylic acid groups (broad SMARTS) is 1. The first-order valence-electron chi connectivity index (χ1n) is 11.6. The second-order valence-electron chi connectivity index (χ2n) is 8.10. The topological polar surface area (TPSA) is 132 Å². The maximum atomic E-state index is 14.3. The van der Waals surface area contributed by atoms with Gasteiger partial charge in [0.25, 0.3) is 5.91 Å². The number of hydrogen-bond donors (Lipinski definition) is 5. The lowest BCUT2D eigenvalue weighted by Crippen LogP contribution is -2.28. The number of pyridine rings is 1. The first-order chi connectivity index (χ1) is 17.7. The maximum Gasteiger partial charge on any atom is 0.320 e. The summed E-state index contributed by atoms with van der Waals surface area (Å²) in [6.45, 7) is 2.14. The number of unbranched alkanes of at least 4 members (excludes halogenated alkanes) is 1. The lowest BCUT2D eigenvalue weighted by atomic mass is 10.1. The molecule has 3 rings (SSSR count). The Bertz CT molecular complexity index is 1270. The maximum absolute atomic E-state index is 14.3. The van der Waals surface area contributed by atoms with Gasteiger partial charge in [0.15, 0.2) is 0 Å². The number of aliphatic carboxylic acids is 1. The van der Waals surface area contributed by atoms with Crippen molar-refractivity contribution in [2.45, 2.75) is 32.6 Å². The van der Waals surface area contributed by atoms with E-state index in [0.29, 0.717) is 31.1 Å². The fraction of sp³-hybridized carbons (Fsp3) is 0.231. The number of amides is 3. The van der Waals surface area contributed by atoms with E-state index in [1.807, 2.05) is 12.1 Å². The molecule has 2 aromatic carbocycles. The molecule has 0 aliphatic heterocycles. The van der Waals surface area contributed by atoms with E-state index in [2.05, 4.69) is 26.3 Å². The van der Waals surface area contributed by atoms with E-state index in [-0.39, 0.29) is 29.2 Å². The normalized spacial score (nSPS) is 10.5. The molecule has 0 saturated heterocycles. The van der Waals surface area contributed by atoms with Gasteiger partial charge < -0.3 is 21.1 Å². The van der Waals surface area contributed by atoms with Crippen LogP contribution < -0.4 is 21.3 Å². The summed E-state index contributed by atoms with van der Waals surface area (Å²) in [5, 5.41) is 19.3.